The van der Waals surface area contributed by atoms with E-state index >= 15 is 0 Å². The number of ether oxygens (including phenoxy) is 1. The summed E-state index contributed by atoms with van der Waals surface area (Å²) in [5.74, 6) is -0.351. The lowest BCUT2D eigenvalue weighted by molar-refractivity contribution is 0.0504. The van der Waals surface area contributed by atoms with Crippen LogP contribution in [0.5, 0.6) is 0 Å². The Labute approximate surface area is 119 Å². The molecule has 19 heavy (non-hydrogen) atoms. The van der Waals surface area contributed by atoms with Gasteiger partial charge in [-0.15, -0.1) is 0 Å². The summed E-state index contributed by atoms with van der Waals surface area (Å²) in [4.78, 5) is 11.8. The van der Waals surface area contributed by atoms with Gasteiger partial charge in [0.1, 0.15) is 6.61 Å². The van der Waals surface area contributed by atoms with E-state index in [4.69, 9.17) is 16.3 Å². The molecule has 0 bridgehead atoms. The topological polar surface area (TPSA) is 38.3 Å². The minimum atomic E-state index is -0.351. The maximum absolute atomic E-state index is 11.8. The van der Waals surface area contributed by atoms with Gasteiger partial charge in [-0.2, -0.15) is 0 Å². The summed E-state index contributed by atoms with van der Waals surface area (Å²) in [5.41, 5.74) is 0.432. The van der Waals surface area contributed by atoms with Gasteiger partial charge >= 0.3 is 5.97 Å². The average molecular weight is 282 g/mol. The molecule has 1 aliphatic carbocycles. The van der Waals surface area contributed by atoms with Gasteiger partial charge in [-0.25, -0.2) is 4.79 Å². The molecule has 0 saturated heterocycles. The molecule has 0 heterocycles. The Morgan fingerprint density at radius 1 is 1.26 bits per heavy atom. The van der Waals surface area contributed by atoms with Gasteiger partial charge in [0.15, 0.2) is 0 Å². The van der Waals surface area contributed by atoms with Crippen LogP contribution in [0.3, 0.4) is 0 Å². The molecule has 0 aliphatic heterocycles. The van der Waals surface area contributed by atoms with Gasteiger partial charge in [-0.3, -0.25) is 0 Å². The summed E-state index contributed by atoms with van der Waals surface area (Å²) in [6.45, 7) is 1.10. The Morgan fingerprint density at radius 2 is 2.00 bits per heavy atom. The lowest BCUT2D eigenvalue weighted by Crippen LogP contribution is -2.33. The number of halogens is 1. The maximum Gasteiger partial charge on any atom is 0.339 e. The predicted molar refractivity (Wildman–Crippen MR) is 76.6 cm³/mol. The minimum Gasteiger partial charge on any atom is -0.461 e. The van der Waals surface area contributed by atoms with Crippen LogP contribution < -0.4 is 5.32 Å². The van der Waals surface area contributed by atoms with Crippen molar-refractivity contribution in [2.45, 2.75) is 38.1 Å². The second-order valence-electron chi connectivity index (χ2n) is 4.90. The van der Waals surface area contributed by atoms with Gasteiger partial charge in [0.05, 0.1) is 10.6 Å². The molecule has 0 atom stereocenters. The molecule has 0 aromatic heterocycles. The van der Waals surface area contributed by atoms with E-state index in [9.17, 15) is 4.79 Å². The fourth-order valence-electron chi connectivity index (χ4n) is 2.42. The van der Waals surface area contributed by atoms with E-state index in [-0.39, 0.29) is 5.97 Å². The van der Waals surface area contributed by atoms with Crippen molar-refractivity contribution in [3.05, 3.63) is 34.9 Å². The molecule has 1 aromatic carbocycles. The zero-order valence-electron chi connectivity index (χ0n) is 11.0. The Hall–Kier alpha value is -1.06. The molecule has 4 heteroatoms. The first-order chi connectivity index (χ1) is 9.27. The molecule has 0 amide bonds. The lowest BCUT2D eigenvalue weighted by Gasteiger charge is -2.22. The lowest BCUT2D eigenvalue weighted by atomic mass is 9.96. The van der Waals surface area contributed by atoms with E-state index in [0.29, 0.717) is 29.8 Å². The Balaban J connectivity index is 1.68. The van der Waals surface area contributed by atoms with E-state index < -0.39 is 0 Å². The van der Waals surface area contributed by atoms with Crippen molar-refractivity contribution >= 4 is 17.6 Å². The van der Waals surface area contributed by atoms with Crippen LogP contribution >= 0.6 is 11.6 Å². The van der Waals surface area contributed by atoms with E-state index in [2.05, 4.69) is 5.32 Å². The van der Waals surface area contributed by atoms with Crippen LogP contribution in [-0.2, 0) is 4.74 Å². The van der Waals surface area contributed by atoms with Crippen LogP contribution in [0.1, 0.15) is 42.5 Å². The van der Waals surface area contributed by atoms with Crippen molar-refractivity contribution in [3.63, 3.8) is 0 Å². The predicted octanol–water partition coefficient (Wildman–Crippen LogP) is 3.42. The third-order valence-corrected chi connectivity index (χ3v) is 3.80. The van der Waals surface area contributed by atoms with Crippen LogP contribution in [0, 0.1) is 0 Å². The van der Waals surface area contributed by atoms with Crippen LogP contribution in [0.25, 0.3) is 0 Å². The van der Waals surface area contributed by atoms with Gasteiger partial charge in [0.2, 0.25) is 0 Å². The molecule has 2 rings (SSSR count). The van der Waals surface area contributed by atoms with Gasteiger partial charge in [0, 0.05) is 12.6 Å². The molecule has 1 saturated carbocycles. The van der Waals surface area contributed by atoms with Gasteiger partial charge < -0.3 is 10.1 Å². The van der Waals surface area contributed by atoms with Crippen LogP contribution in [0.15, 0.2) is 24.3 Å². The first kappa shape index (κ1) is 14.4. The largest absolute Gasteiger partial charge is 0.461 e. The van der Waals surface area contributed by atoms with Crippen LogP contribution in [-0.4, -0.2) is 25.2 Å². The second-order valence-corrected chi connectivity index (χ2v) is 5.31. The molecule has 0 radical (unpaired) electrons. The number of hydrogen-bond acceptors (Lipinski definition) is 3. The zero-order valence-corrected chi connectivity index (χ0v) is 11.8. The monoisotopic (exact) mass is 281 g/mol. The van der Waals surface area contributed by atoms with Crippen molar-refractivity contribution in [2.75, 3.05) is 13.2 Å². The van der Waals surface area contributed by atoms with E-state index in [0.717, 1.165) is 0 Å². The van der Waals surface area contributed by atoms with E-state index in [1.54, 1.807) is 24.3 Å². The van der Waals surface area contributed by atoms with Gasteiger partial charge in [0.25, 0.3) is 0 Å². The normalized spacial score (nSPS) is 16.3. The fraction of sp³-hybridized carbons (Fsp3) is 0.533. The third-order valence-electron chi connectivity index (χ3n) is 3.47. The zero-order chi connectivity index (χ0) is 13.5. The van der Waals surface area contributed by atoms with Crippen molar-refractivity contribution in [2.24, 2.45) is 0 Å². The summed E-state index contributed by atoms with van der Waals surface area (Å²) in [7, 11) is 0. The summed E-state index contributed by atoms with van der Waals surface area (Å²) >= 11 is 5.94. The van der Waals surface area contributed by atoms with E-state index in [1.807, 2.05) is 0 Å². The van der Waals surface area contributed by atoms with Crippen molar-refractivity contribution in [1.82, 2.24) is 5.32 Å². The molecular formula is C15H20ClNO2. The van der Waals surface area contributed by atoms with Crippen LogP contribution in [0.4, 0.5) is 0 Å². The highest BCUT2D eigenvalue weighted by Crippen LogP contribution is 2.17. The molecule has 1 aliphatic rings. The number of nitrogens with one attached hydrogen (secondary N) is 1. The highest BCUT2D eigenvalue weighted by molar-refractivity contribution is 6.33. The molecule has 3 nitrogen and oxygen atoms in total. The summed E-state index contributed by atoms with van der Waals surface area (Å²) in [5, 5.41) is 3.87. The highest BCUT2D eigenvalue weighted by atomic mass is 35.5. The van der Waals surface area contributed by atoms with Crippen LogP contribution in [0.2, 0.25) is 5.02 Å². The molecule has 1 aromatic rings. The molecule has 104 valence electrons. The number of hydrogen-bond donors (Lipinski definition) is 1. The summed E-state index contributed by atoms with van der Waals surface area (Å²) in [6.07, 6.45) is 6.42. The second kappa shape index (κ2) is 7.51. The average Bonchev–Trinajstić information content (AvgIpc) is 2.45. The Bertz CT molecular complexity index is 416. The number of carbonyl (C=O) groups is 1. The molecule has 1 fully saturated rings. The van der Waals surface area contributed by atoms with Crippen molar-refractivity contribution in [1.29, 1.82) is 0 Å². The molecular weight excluding hydrogens is 262 g/mol. The first-order valence-corrected chi connectivity index (χ1v) is 7.30. The van der Waals surface area contributed by atoms with Gasteiger partial charge in [-0.05, 0) is 25.0 Å². The summed E-state index contributed by atoms with van der Waals surface area (Å²) in [6, 6.07) is 7.54. The summed E-state index contributed by atoms with van der Waals surface area (Å²) < 4.78 is 5.21. The molecule has 0 unspecified atom stereocenters. The fourth-order valence-corrected chi connectivity index (χ4v) is 2.63. The van der Waals surface area contributed by atoms with Crippen molar-refractivity contribution in [3.8, 4) is 0 Å². The standard InChI is InChI=1S/C15H20ClNO2/c16-14-9-5-4-8-13(14)15(18)19-11-10-17-12-6-2-1-3-7-12/h4-5,8-9,12,17H,1-3,6-7,10-11H2. The molecule has 1 N–H and O–H groups in total. The Morgan fingerprint density at radius 3 is 2.74 bits per heavy atom. The van der Waals surface area contributed by atoms with Crippen molar-refractivity contribution < 1.29 is 9.53 Å². The minimum absolute atomic E-state index is 0.351. The maximum atomic E-state index is 11.8. The number of benzene rings is 1. The number of rotatable bonds is 5. The quantitative estimate of drug-likeness (QED) is 0.664. The molecule has 0 spiro atoms. The smallest absolute Gasteiger partial charge is 0.339 e. The first-order valence-electron chi connectivity index (χ1n) is 6.92. The third kappa shape index (κ3) is 4.51. The number of esters is 1. The SMILES string of the molecule is O=C(OCCNC1CCCCC1)c1ccccc1Cl. The Kier molecular flexibility index (Phi) is 5.67. The van der Waals surface area contributed by atoms with Gasteiger partial charge in [-0.1, -0.05) is 43.0 Å². The van der Waals surface area contributed by atoms with E-state index in [1.165, 1.54) is 32.1 Å². The highest BCUT2D eigenvalue weighted by Gasteiger charge is 2.13. The number of carbonyl (C=O) groups excluding carboxylic acids is 1.